The molecule has 0 fully saturated rings. The largest absolute Gasteiger partial charge is 1.00 e. The minimum Gasteiger partial charge on any atom is -0.726 e. The predicted molar refractivity (Wildman–Crippen MR) is 120 cm³/mol. The third-order valence-corrected chi connectivity index (χ3v) is 5.31. The molecule has 180 valence electrons. The maximum absolute atomic E-state index is 11.3. The second-order valence-corrected chi connectivity index (χ2v) is 8.51. The van der Waals surface area contributed by atoms with Gasteiger partial charge in [0, 0.05) is 12.0 Å². The number of hydrogen-bond donors (Lipinski definition) is 2. The van der Waals surface area contributed by atoms with Gasteiger partial charge in [-0.15, -0.1) is 0 Å². The van der Waals surface area contributed by atoms with Gasteiger partial charge in [-0.1, -0.05) is 69.2 Å². The first kappa shape index (κ1) is 32.0. The molecule has 0 aromatic heterocycles. The molecule has 5 unspecified atom stereocenters. The van der Waals surface area contributed by atoms with Crippen molar-refractivity contribution in [1.82, 2.24) is 0 Å². The van der Waals surface area contributed by atoms with Crippen molar-refractivity contribution in [3.8, 4) is 0 Å². The van der Waals surface area contributed by atoms with Crippen LogP contribution in [0.1, 0.15) is 46.0 Å². The molecule has 1 rings (SSSR count). The van der Waals surface area contributed by atoms with Gasteiger partial charge >= 0.3 is 35.5 Å². The third kappa shape index (κ3) is 14.7. The van der Waals surface area contributed by atoms with Crippen LogP contribution in [0.25, 0.3) is 0 Å². The molecule has 33 heavy (non-hydrogen) atoms. The molecule has 1 aliphatic heterocycles. The number of carbonyl (C=O) groups is 1. The van der Waals surface area contributed by atoms with Crippen molar-refractivity contribution in [1.29, 1.82) is 0 Å². The SMILES string of the molecule is CCCCC\C=C/C=C/C=C/C(O)C(C)C(C/C=C/C1OC(=O)C=CC1O)OS(=O)(=O)[O-].[Na+]. The summed E-state index contributed by atoms with van der Waals surface area (Å²) in [6.07, 6.45) is 16.1. The van der Waals surface area contributed by atoms with Gasteiger partial charge in [-0.2, -0.15) is 0 Å². The van der Waals surface area contributed by atoms with Crippen LogP contribution in [-0.4, -0.2) is 53.6 Å². The molecule has 0 radical (unpaired) electrons. The Balaban J connectivity index is 0.0000102. The van der Waals surface area contributed by atoms with Crippen molar-refractivity contribution < 1.29 is 66.5 Å². The van der Waals surface area contributed by atoms with Crippen LogP contribution in [0.2, 0.25) is 0 Å². The molecule has 0 aromatic rings. The van der Waals surface area contributed by atoms with Crippen LogP contribution < -0.4 is 29.6 Å². The molecule has 1 aliphatic rings. The van der Waals surface area contributed by atoms with Gasteiger partial charge in [-0.3, -0.25) is 4.18 Å². The summed E-state index contributed by atoms with van der Waals surface area (Å²) in [5.41, 5.74) is 0. The fourth-order valence-electron chi connectivity index (χ4n) is 2.91. The zero-order chi connectivity index (χ0) is 24.0. The van der Waals surface area contributed by atoms with E-state index >= 15 is 0 Å². The normalized spacial score (nSPS) is 22.2. The van der Waals surface area contributed by atoms with E-state index in [1.54, 1.807) is 19.1 Å². The summed E-state index contributed by atoms with van der Waals surface area (Å²) in [5.74, 6) is -1.35. The molecule has 10 heteroatoms. The Bertz CT molecular complexity index is 816. The van der Waals surface area contributed by atoms with Crippen molar-refractivity contribution in [2.24, 2.45) is 5.92 Å². The van der Waals surface area contributed by atoms with E-state index < -0.39 is 46.7 Å². The molecular formula is C23H33NaO8S. The van der Waals surface area contributed by atoms with Crippen LogP contribution in [0.3, 0.4) is 0 Å². The van der Waals surface area contributed by atoms with Gasteiger partial charge in [-0.05, 0) is 31.4 Å². The first-order valence-corrected chi connectivity index (χ1v) is 12.0. The second kappa shape index (κ2) is 17.4. The molecule has 5 atom stereocenters. The van der Waals surface area contributed by atoms with E-state index in [-0.39, 0.29) is 36.0 Å². The number of cyclic esters (lactones) is 1. The van der Waals surface area contributed by atoms with Crippen molar-refractivity contribution >= 4 is 16.4 Å². The van der Waals surface area contributed by atoms with Gasteiger partial charge in [0.2, 0.25) is 10.4 Å². The van der Waals surface area contributed by atoms with E-state index in [4.69, 9.17) is 4.74 Å². The van der Waals surface area contributed by atoms with E-state index in [0.717, 1.165) is 18.9 Å². The van der Waals surface area contributed by atoms with Gasteiger partial charge in [-0.25, -0.2) is 13.2 Å². The summed E-state index contributed by atoms with van der Waals surface area (Å²) in [4.78, 5) is 11.3. The summed E-state index contributed by atoms with van der Waals surface area (Å²) >= 11 is 0. The fourth-order valence-corrected chi connectivity index (χ4v) is 3.47. The molecular weight excluding hydrogens is 459 g/mol. The van der Waals surface area contributed by atoms with Crippen LogP contribution >= 0.6 is 0 Å². The predicted octanol–water partition coefficient (Wildman–Crippen LogP) is -0.129. The van der Waals surface area contributed by atoms with Crippen LogP contribution in [-0.2, 0) is 24.1 Å². The molecule has 2 N–H and O–H groups in total. The maximum Gasteiger partial charge on any atom is 1.00 e. The van der Waals surface area contributed by atoms with E-state index in [0.29, 0.717) is 0 Å². The minimum atomic E-state index is -5.01. The Morgan fingerprint density at radius 2 is 1.91 bits per heavy atom. The van der Waals surface area contributed by atoms with Crippen molar-refractivity contribution in [2.45, 2.75) is 70.4 Å². The Hall–Kier alpha value is -1.04. The Morgan fingerprint density at radius 3 is 2.58 bits per heavy atom. The number of carbonyl (C=O) groups excluding carboxylic acids is 1. The minimum absolute atomic E-state index is 0. The number of allylic oxidation sites excluding steroid dienone is 5. The topological polar surface area (TPSA) is 133 Å². The molecule has 0 saturated carbocycles. The molecule has 1 heterocycles. The summed E-state index contributed by atoms with van der Waals surface area (Å²) in [6.45, 7) is 3.70. The number of unbranched alkanes of at least 4 members (excludes halogenated alkanes) is 3. The smallest absolute Gasteiger partial charge is 0.726 e. The van der Waals surface area contributed by atoms with Gasteiger partial charge in [0.15, 0.2) is 0 Å². The number of esters is 1. The standard InChI is InChI=1S/C23H34O8S.Na/c1-3-4-5-6-7-8-9-10-11-13-19(24)18(2)21(31-32(27,28)29)14-12-15-22-20(25)16-17-23(26)30-22;/h7-13,15-22,24-25H,3-6,14H2,1-2H3,(H,27,28,29);/q;+1/p-1/b8-7-,10-9+,13-11+,15-12+;. The Morgan fingerprint density at radius 1 is 1.21 bits per heavy atom. The average molecular weight is 493 g/mol. The van der Waals surface area contributed by atoms with E-state index in [1.807, 2.05) is 12.2 Å². The molecule has 0 aromatic carbocycles. The van der Waals surface area contributed by atoms with Gasteiger partial charge in [0.05, 0.1) is 12.2 Å². The Kier molecular flexibility index (Phi) is 16.9. The van der Waals surface area contributed by atoms with Gasteiger partial charge < -0.3 is 19.5 Å². The van der Waals surface area contributed by atoms with Crippen molar-refractivity contribution in [2.75, 3.05) is 0 Å². The summed E-state index contributed by atoms with van der Waals surface area (Å²) in [6, 6.07) is 0. The zero-order valence-electron chi connectivity index (χ0n) is 19.4. The molecule has 0 amide bonds. The zero-order valence-corrected chi connectivity index (χ0v) is 22.3. The monoisotopic (exact) mass is 492 g/mol. The van der Waals surface area contributed by atoms with Crippen molar-refractivity contribution in [3.63, 3.8) is 0 Å². The van der Waals surface area contributed by atoms with E-state index in [2.05, 4.69) is 17.2 Å². The second-order valence-electron chi connectivity index (χ2n) is 7.50. The van der Waals surface area contributed by atoms with E-state index in [1.165, 1.54) is 37.1 Å². The van der Waals surface area contributed by atoms with Crippen LogP contribution in [0, 0.1) is 5.92 Å². The first-order valence-electron chi connectivity index (χ1n) is 10.7. The molecule has 8 nitrogen and oxygen atoms in total. The molecule has 0 spiro atoms. The average Bonchev–Trinajstić information content (AvgIpc) is 2.72. The first-order chi connectivity index (χ1) is 15.1. The number of aliphatic hydroxyl groups excluding tert-OH is 2. The number of hydrogen-bond acceptors (Lipinski definition) is 8. The third-order valence-electron chi connectivity index (χ3n) is 4.83. The molecule has 0 saturated heterocycles. The van der Waals surface area contributed by atoms with Crippen LogP contribution in [0.4, 0.5) is 0 Å². The summed E-state index contributed by atoms with van der Waals surface area (Å²) < 4.78 is 42.9. The summed E-state index contributed by atoms with van der Waals surface area (Å²) in [7, 11) is -5.01. The fraction of sp³-hybridized carbons (Fsp3) is 0.522. The number of rotatable bonds is 14. The Labute approximate surface area is 219 Å². The summed E-state index contributed by atoms with van der Waals surface area (Å²) in [5, 5.41) is 20.1. The van der Waals surface area contributed by atoms with Crippen LogP contribution in [0.15, 0.2) is 60.8 Å². The molecule has 0 bridgehead atoms. The number of ether oxygens (including phenoxy) is 1. The van der Waals surface area contributed by atoms with Crippen LogP contribution in [0.5, 0.6) is 0 Å². The van der Waals surface area contributed by atoms with Gasteiger partial charge in [0.1, 0.15) is 12.2 Å². The molecule has 0 aliphatic carbocycles. The van der Waals surface area contributed by atoms with E-state index in [9.17, 15) is 28.0 Å². The van der Waals surface area contributed by atoms with Gasteiger partial charge in [0.25, 0.3) is 0 Å². The maximum atomic E-state index is 11.3. The number of aliphatic hydroxyl groups is 2. The van der Waals surface area contributed by atoms with Crippen molar-refractivity contribution in [3.05, 3.63) is 60.8 Å². The quantitative estimate of drug-likeness (QED) is 0.0652.